The van der Waals surface area contributed by atoms with Crippen molar-refractivity contribution < 1.29 is 33.4 Å². The van der Waals surface area contributed by atoms with E-state index in [1.54, 1.807) is 20.8 Å². The van der Waals surface area contributed by atoms with Gasteiger partial charge in [-0.1, -0.05) is 109 Å². The molecule has 0 spiro atoms. The van der Waals surface area contributed by atoms with Gasteiger partial charge in [-0.15, -0.1) is 0 Å². The number of rotatable bonds is 15. The highest BCUT2D eigenvalue weighted by atomic mass is 16.6. The Morgan fingerprint density at radius 1 is 0.630 bits per heavy atom. The molecule has 0 saturated carbocycles. The molecule has 5 N–H and O–H groups in total. The molecule has 4 aromatic carbocycles. The SMILES string of the molecule is CC(C)(C)OC(=O)NCC[C@H](NC(=O)CNC(=O)OCC1c2ccccc2-c2ccccc21)C(=O)N[C@@H](Cc1ccccc1)C(=O)NCc1ccccc1. The topological polar surface area (TPSA) is 164 Å². The Morgan fingerprint density at radius 3 is 1.81 bits per heavy atom. The van der Waals surface area contributed by atoms with Crippen molar-refractivity contribution in [2.45, 2.75) is 63.8 Å². The van der Waals surface area contributed by atoms with Gasteiger partial charge < -0.3 is 36.1 Å². The van der Waals surface area contributed by atoms with Crippen molar-refractivity contribution in [3.63, 3.8) is 0 Å². The van der Waals surface area contributed by atoms with Crippen LogP contribution in [0.4, 0.5) is 9.59 Å². The third-order valence-corrected chi connectivity index (χ3v) is 8.72. The van der Waals surface area contributed by atoms with E-state index in [4.69, 9.17) is 9.47 Å². The van der Waals surface area contributed by atoms with E-state index in [0.29, 0.717) is 0 Å². The summed E-state index contributed by atoms with van der Waals surface area (Å²) in [6.07, 6.45) is -1.33. The number of carbonyl (C=O) groups is 5. The number of nitrogens with one attached hydrogen (secondary N) is 5. The molecule has 0 unspecified atom stereocenters. The number of carbonyl (C=O) groups excluding carboxylic acids is 5. The minimum atomic E-state index is -1.18. The minimum Gasteiger partial charge on any atom is -0.449 e. The molecule has 12 heteroatoms. The number of benzene rings is 4. The van der Waals surface area contributed by atoms with Crippen LogP contribution in [0.2, 0.25) is 0 Å². The second-order valence-electron chi connectivity index (χ2n) is 14.0. The lowest BCUT2D eigenvalue weighted by atomic mass is 9.98. The van der Waals surface area contributed by atoms with Crippen LogP contribution in [-0.2, 0) is 36.8 Å². The van der Waals surface area contributed by atoms with Gasteiger partial charge in [-0.05, 0) is 60.6 Å². The van der Waals surface area contributed by atoms with Crippen LogP contribution in [0.1, 0.15) is 55.4 Å². The van der Waals surface area contributed by atoms with Gasteiger partial charge in [-0.25, -0.2) is 9.59 Å². The highest BCUT2D eigenvalue weighted by Gasteiger charge is 2.30. The fourth-order valence-electron chi connectivity index (χ4n) is 6.19. The third-order valence-electron chi connectivity index (χ3n) is 8.72. The third kappa shape index (κ3) is 11.4. The van der Waals surface area contributed by atoms with Crippen molar-refractivity contribution in [3.8, 4) is 11.1 Å². The van der Waals surface area contributed by atoms with Crippen LogP contribution in [0, 0.1) is 0 Å². The lowest BCUT2D eigenvalue weighted by Gasteiger charge is -2.24. The Hall–Kier alpha value is -6.17. The smallest absolute Gasteiger partial charge is 0.407 e. The molecule has 1 aliphatic carbocycles. The molecule has 0 fully saturated rings. The molecule has 282 valence electrons. The molecule has 0 saturated heterocycles. The summed E-state index contributed by atoms with van der Waals surface area (Å²) in [7, 11) is 0. The first-order valence-electron chi connectivity index (χ1n) is 18.0. The van der Waals surface area contributed by atoms with Gasteiger partial charge >= 0.3 is 12.2 Å². The highest BCUT2D eigenvalue weighted by molar-refractivity contribution is 5.93. The summed E-state index contributed by atoms with van der Waals surface area (Å²) in [5.41, 5.74) is 5.25. The van der Waals surface area contributed by atoms with Crippen molar-refractivity contribution >= 4 is 29.9 Å². The van der Waals surface area contributed by atoms with Crippen LogP contribution in [0.15, 0.2) is 109 Å². The first-order chi connectivity index (χ1) is 26.0. The average Bonchev–Trinajstić information content (AvgIpc) is 3.48. The van der Waals surface area contributed by atoms with Crippen LogP contribution >= 0.6 is 0 Å². The maximum absolute atomic E-state index is 13.8. The summed E-state index contributed by atoms with van der Waals surface area (Å²) in [6, 6.07) is 32.3. The van der Waals surface area contributed by atoms with E-state index in [2.05, 4.69) is 26.6 Å². The van der Waals surface area contributed by atoms with Crippen molar-refractivity contribution in [2.24, 2.45) is 0 Å². The van der Waals surface area contributed by atoms with Gasteiger partial charge in [0.25, 0.3) is 0 Å². The minimum absolute atomic E-state index is 0.0311. The fraction of sp³-hybridized carbons (Fsp3) is 0.310. The Bertz CT molecular complexity index is 1870. The largest absolute Gasteiger partial charge is 0.449 e. The van der Waals surface area contributed by atoms with E-state index in [1.165, 1.54) is 0 Å². The highest BCUT2D eigenvalue weighted by Crippen LogP contribution is 2.44. The Labute approximate surface area is 315 Å². The van der Waals surface area contributed by atoms with Crippen LogP contribution in [-0.4, -0.2) is 67.3 Å². The van der Waals surface area contributed by atoms with E-state index in [9.17, 15) is 24.0 Å². The number of ether oxygens (including phenoxy) is 2. The fourth-order valence-corrected chi connectivity index (χ4v) is 6.19. The standard InChI is InChI=1S/C42H47N5O7/c1-42(2,3)54-41(52)43-23-22-35(39(50)47-36(24-28-14-6-4-7-15-28)38(49)44-25-29-16-8-5-9-17-29)46-37(48)26-45-40(51)53-27-34-32-20-12-10-18-30(32)31-19-11-13-21-33(31)34/h4-21,34-36H,22-27H2,1-3H3,(H,43,52)(H,44,49)(H,45,51)(H,46,48)(H,47,50)/t35-,36-/m0/s1. The van der Waals surface area contributed by atoms with Gasteiger partial charge in [0.15, 0.2) is 0 Å². The Balaban J connectivity index is 1.21. The van der Waals surface area contributed by atoms with Gasteiger partial charge in [0, 0.05) is 25.4 Å². The molecule has 5 rings (SSSR count). The lowest BCUT2D eigenvalue weighted by Crippen LogP contribution is -2.56. The molecule has 0 bridgehead atoms. The summed E-state index contributed by atoms with van der Waals surface area (Å²) in [5, 5.41) is 13.4. The first kappa shape index (κ1) is 39.0. The average molecular weight is 734 g/mol. The van der Waals surface area contributed by atoms with Crippen molar-refractivity contribution in [2.75, 3.05) is 19.7 Å². The van der Waals surface area contributed by atoms with E-state index < -0.39 is 54.1 Å². The molecule has 0 radical (unpaired) electrons. The van der Waals surface area contributed by atoms with Crippen molar-refractivity contribution in [1.29, 1.82) is 0 Å². The van der Waals surface area contributed by atoms with Crippen LogP contribution in [0.3, 0.4) is 0 Å². The van der Waals surface area contributed by atoms with E-state index in [-0.39, 0.29) is 38.5 Å². The second kappa shape index (κ2) is 18.5. The number of fused-ring (bicyclic) bond motifs is 3. The summed E-state index contributed by atoms with van der Waals surface area (Å²) < 4.78 is 10.8. The van der Waals surface area contributed by atoms with Crippen molar-refractivity contribution in [3.05, 3.63) is 131 Å². The molecule has 0 aromatic heterocycles. The molecular formula is C42H47N5O7. The zero-order chi connectivity index (χ0) is 38.5. The number of hydrogen-bond donors (Lipinski definition) is 5. The predicted molar refractivity (Wildman–Crippen MR) is 204 cm³/mol. The van der Waals surface area contributed by atoms with Crippen molar-refractivity contribution in [1.82, 2.24) is 26.6 Å². The van der Waals surface area contributed by atoms with Crippen LogP contribution < -0.4 is 26.6 Å². The maximum Gasteiger partial charge on any atom is 0.407 e. The number of amides is 5. The summed E-state index contributed by atoms with van der Waals surface area (Å²) in [6.45, 7) is 4.98. The van der Waals surface area contributed by atoms with Gasteiger partial charge in [0.05, 0.1) is 0 Å². The van der Waals surface area contributed by atoms with Crippen LogP contribution in [0.5, 0.6) is 0 Å². The first-order valence-corrected chi connectivity index (χ1v) is 18.0. The van der Waals surface area contributed by atoms with Gasteiger partial charge in [-0.3, -0.25) is 14.4 Å². The summed E-state index contributed by atoms with van der Waals surface area (Å²) >= 11 is 0. The van der Waals surface area contributed by atoms with Crippen LogP contribution in [0.25, 0.3) is 11.1 Å². The summed E-state index contributed by atoms with van der Waals surface area (Å²) in [4.78, 5) is 65.5. The zero-order valence-corrected chi connectivity index (χ0v) is 30.7. The molecule has 4 aromatic rings. The second-order valence-corrected chi connectivity index (χ2v) is 14.0. The number of alkyl carbamates (subject to hydrolysis) is 2. The Morgan fingerprint density at radius 2 is 1.20 bits per heavy atom. The monoisotopic (exact) mass is 733 g/mol. The molecule has 1 aliphatic rings. The molecule has 12 nitrogen and oxygen atoms in total. The maximum atomic E-state index is 13.8. The van der Waals surface area contributed by atoms with E-state index in [0.717, 1.165) is 33.4 Å². The molecule has 0 heterocycles. The van der Waals surface area contributed by atoms with Gasteiger partial charge in [0.2, 0.25) is 17.7 Å². The zero-order valence-electron chi connectivity index (χ0n) is 30.7. The predicted octanol–water partition coefficient (Wildman–Crippen LogP) is 4.97. The molecule has 5 amide bonds. The van der Waals surface area contributed by atoms with Gasteiger partial charge in [0.1, 0.15) is 30.8 Å². The molecule has 0 aliphatic heterocycles. The number of hydrogen-bond acceptors (Lipinski definition) is 7. The quantitative estimate of drug-likeness (QED) is 0.115. The lowest BCUT2D eigenvalue weighted by molar-refractivity contribution is -0.132. The van der Waals surface area contributed by atoms with E-state index >= 15 is 0 Å². The normalized spacial score (nSPS) is 12.9. The van der Waals surface area contributed by atoms with Gasteiger partial charge in [-0.2, -0.15) is 0 Å². The summed E-state index contributed by atoms with van der Waals surface area (Å²) in [5.74, 6) is -1.89. The Kier molecular flexibility index (Phi) is 13.4. The van der Waals surface area contributed by atoms with E-state index in [1.807, 2.05) is 109 Å². The molecule has 54 heavy (non-hydrogen) atoms. The molecular weight excluding hydrogens is 686 g/mol. The molecule has 2 atom stereocenters.